The number of thioether (sulfide) groups is 1. The molecule has 0 spiro atoms. The summed E-state index contributed by atoms with van der Waals surface area (Å²) in [6.07, 6.45) is 0. The molecule has 0 amide bonds. The van der Waals surface area contributed by atoms with Gasteiger partial charge in [0.1, 0.15) is 0 Å². The number of hydrogen-bond acceptors (Lipinski definition) is 7. The first-order valence-electron chi connectivity index (χ1n) is 11.3. The van der Waals surface area contributed by atoms with Gasteiger partial charge in [-0.3, -0.25) is 14.3 Å². The second kappa shape index (κ2) is 10.7. The van der Waals surface area contributed by atoms with E-state index in [1.165, 1.54) is 11.8 Å². The molecule has 2 aromatic heterocycles. The SMILES string of the molecule is CC(C)N(CCn1c(SCc2nnc(-c3ccccc3Cl)o2)nc2ccccc2c1=O)C(C)C. The average Bonchev–Trinajstić information content (AvgIpc) is 3.28. The van der Waals surface area contributed by atoms with Gasteiger partial charge in [0.25, 0.3) is 5.56 Å². The maximum atomic E-state index is 13.4. The molecule has 0 aliphatic carbocycles. The highest BCUT2D eigenvalue weighted by Gasteiger charge is 2.18. The Morgan fingerprint density at radius 2 is 1.74 bits per heavy atom. The van der Waals surface area contributed by atoms with Crippen molar-refractivity contribution >= 4 is 34.3 Å². The number of aromatic nitrogens is 4. The molecule has 0 radical (unpaired) electrons. The highest BCUT2D eigenvalue weighted by atomic mass is 35.5. The van der Waals surface area contributed by atoms with Crippen molar-refractivity contribution in [2.45, 2.75) is 57.2 Å². The number of fused-ring (bicyclic) bond motifs is 1. The van der Waals surface area contributed by atoms with E-state index in [1.807, 2.05) is 42.5 Å². The van der Waals surface area contributed by atoms with Crippen LogP contribution in [0.5, 0.6) is 0 Å². The number of nitrogens with zero attached hydrogens (tertiary/aromatic N) is 5. The minimum atomic E-state index is -0.0390. The van der Waals surface area contributed by atoms with Crippen molar-refractivity contribution in [1.29, 1.82) is 0 Å². The Balaban J connectivity index is 1.61. The van der Waals surface area contributed by atoms with Crippen molar-refractivity contribution in [1.82, 2.24) is 24.6 Å². The summed E-state index contributed by atoms with van der Waals surface area (Å²) in [5.41, 5.74) is 1.33. The third-order valence-electron chi connectivity index (χ3n) is 5.63. The molecule has 34 heavy (non-hydrogen) atoms. The average molecular weight is 498 g/mol. The van der Waals surface area contributed by atoms with Crippen LogP contribution in [0.1, 0.15) is 33.6 Å². The molecule has 9 heteroatoms. The second-order valence-electron chi connectivity index (χ2n) is 8.56. The molecule has 0 aliphatic rings. The molecule has 0 aliphatic heterocycles. The molecule has 0 unspecified atom stereocenters. The van der Waals surface area contributed by atoms with Gasteiger partial charge < -0.3 is 4.42 Å². The molecule has 0 bridgehead atoms. The van der Waals surface area contributed by atoms with Gasteiger partial charge in [-0.05, 0) is 52.0 Å². The van der Waals surface area contributed by atoms with Crippen molar-refractivity contribution in [3.63, 3.8) is 0 Å². The maximum absolute atomic E-state index is 13.4. The summed E-state index contributed by atoms with van der Waals surface area (Å²) in [5.74, 6) is 1.20. The van der Waals surface area contributed by atoms with E-state index >= 15 is 0 Å². The minimum Gasteiger partial charge on any atom is -0.420 e. The molecule has 0 saturated carbocycles. The van der Waals surface area contributed by atoms with Crippen LogP contribution < -0.4 is 5.56 Å². The van der Waals surface area contributed by atoms with Crippen molar-refractivity contribution in [3.8, 4) is 11.5 Å². The zero-order valence-electron chi connectivity index (χ0n) is 19.7. The normalized spacial score (nSPS) is 11.9. The summed E-state index contributed by atoms with van der Waals surface area (Å²) in [6.45, 7) is 9.98. The third kappa shape index (κ3) is 5.35. The van der Waals surface area contributed by atoms with Gasteiger partial charge >= 0.3 is 0 Å². The van der Waals surface area contributed by atoms with Crippen LogP contribution in [0.15, 0.2) is 62.9 Å². The van der Waals surface area contributed by atoms with E-state index in [2.05, 4.69) is 42.8 Å². The number of para-hydroxylation sites is 1. The summed E-state index contributed by atoms with van der Waals surface area (Å²) in [5, 5.41) is 10.1. The summed E-state index contributed by atoms with van der Waals surface area (Å²) in [4.78, 5) is 20.5. The molecular formula is C25H28ClN5O2S. The molecule has 4 aromatic rings. The lowest BCUT2D eigenvalue weighted by Gasteiger charge is -2.30. The van der Waals surface area contributed by atoms with Crippen LogP contribution in [0.2, 0.25) is 5.02 Å². The fourth-order valence-corrected chi connectivity index (χ4v) is 5.04. The largest absolute Gasteiger partial charge is 0.420 e. The number of benzene rings is 2. The molecule has 2 heterocycles. The molecule has 178 valence electrons. The van der Waals surface area contributed by atoms with Gasteiger partial charge in [0, 0.05) is 25.2 Å². The van der Waals surface area contributed by atoms with Gasteiger partial charge in [-0.15, -0.1) is 10.2 Å². The first-order chi connectivity index (χ1) is 16.3. The Morgan fingerprint density at radius 3 is 2.47 bits per heavy atom. The molecule has 0 saturated heterocycles. The summed E-state index contributed by atoms with van der Waals surface area (Å²) < 4.78 is 7.60. The van der Waals surface area contributed by atoms with E-state index in [0.717, 1.165) is 6.54 Å². The smallest absolute Gasteiger partial charge is 0.262 e. The quantitative estimate of drug-likeness (QED) is 0.223. The van der Waals surface area contributed by atoms with E-state index in [9.17, 15) is 4.79 Å². The van der Waals surface area contributed by atoms with Crippen LogP contribution in [-0.4, -0.2) is 43.3 Å². The Labute approximate surface area is 208 Å². The van der Waals surface area contributed by atoms with Crippen LogP contribution in [0, 0.1) is 0 Å². The van der Waals surface area contributed by atoms with Crippen molar-refractivity contribution in [3.05, 3.63) is 69.8 Å². The predicted octanol–water partition coefficient (Wildman–Crippen LogP) is 5.51. The number of rotatable bonds is 9. The molecule has 4 rings (SSSR count). The first kappa shape index (κ1) is 24.4. The van der Waals surface area contributed by atoms with Gasteiger partial charge in [0.15, 0.2) is 5.16 Å². The van der Waals surface area contributed by atoms with E-state index in [1.54, 1.807) is 10.6 Å². The van der Waals surface area contributed by atoms with Gasteiger partial charge in [-0.25, -0.2) is 4.98 Å². The molecule has 0 atom stereocenters. The van der Waals surface area contributed by atoms with Gasteiger partial charge in [0.2, 0.25) is 11.8 Å². The highest BCUT2D eigenvalue weighted by molar-refractivity contribution is 7.98. The zero-order valence-corrected chi connectivity index (χ0v) is 21.3. The summed E-state index contributed by atoms with van der Waals surface area (Å²) in [7, 11) is 0. The molecule has 2 aromatic carbocycles. The Morgan fingerprint density at radius 1 is 1.03 bits per heavy atom. The topological polar surface area (TPSA) is 77.1 Å². The molecule has 7 nitrogen and oxygen atoms in total. The van der Waals surface area contributed by atoms with Crippen LogP contribution in [0.3, 0.4) is 0 Å². The lowest BCUT2D eigenvalue weighted by Crippen LogP contribution is -2.40. The summed E-state index contributed by atoms with van der Waals surface area (Å²) in [6, 6.07) is 15.5. The van der Waals surface area contributed by atoms with Crippen LogP contribution in [-0.2, 0) is 12.3 Å². The number of hydrogen-bond donors (Lipinski definition) is 0. The van der Waals surface area contributed by atoms with Crippen molar-refractivity contribution < 1.29 is 4.42 Å². The number of halogens is 1. The van der Waals surface area contributed by atoms with E-state index < -0.39 is 0 Å². The Kier molecular flexibility index (Phi) is 7.70. The van der Waals surface area contributed by atoms with Gasteiger partial charge in [-0.2, -0.15) is 0 Å². The van der Waals surface area contributed by atoms with Crippen LogP contribution in [0.4, 0.5) is 0 Å². The van der Waals surface area contributed by atoms with Crippen LogP contribution in [0.25, 0.3) is 22.4 Å². The molecular weight excluding hydrogens is 470 g/mol. The fourth-order valence-electron chi connectivity index (χ4n) is 3.96. The van der Waals surface area contributed by atoms with Gasteiger partial charge in [0.05, 0.1) is 27.2 Å². The van der Waals surface area contributed by atoms with Gasteiger partial charge in [-0.1, -0.05) is 47.6 Å². The monoisotopic (exact) mass is 497 g/mol. The first-order valence-corrected chi connectivity index (χ1v) is 12.7. The van der Waals surface area contributed by atoms with Crippen molar-refractivity contribution in [2.75, 3.05) is 6.54 Å². The van der Waals surface area contributed by atoms with Crippen LogP contribution >= 0.6 is 23.4 Å². The molecule has 0 N–H and O–H groups in total. The minimum absolute atomic E-state index is 0.0390. The molecule has 0 fully saturated rings. The standard InChI is InChI=1S/C25H28ClN5O2S/c1-16(2)30(17(3)4)13-14-31-24(32)19-10-6-8-12-21(19)27-25(31)34-15-22-28-29-23(33-22)18-9-5-7-11-20(18)26/h5-12,16-17H,13-15H2,1-4H3. The summed E-state index contributed by atoms with van der Waals surface area (Å²) >= 11 is 7.67. The Hall–Kier alpha value is -2.68. The lowest BCUT2D eigenvalue weighted by molar-refractivity contribution is 0.166. The highest BCUT2D eigenvalue weighted by Crippen LogP contribution is 2.28. The lowest BCUT2D eigenvalue weighted by atomic mass is 10.2. The second-order valence-corrected chi connectivity index (χ2v) is 9.91. The Bertz CT molecular complexity index is 1330. The fraction of sp³-hybridized carbons (Fsp3) is 0.360. The predicted molar refractivity (Wildman–Crippen MR) is 137 cm³/mol. The third-order valence-corrected chi connectivity index (χ3v) is 6.92. The van der Waals surface area contributed by atoms with E-state index in [-0.39, 0.29) is 5.56 Å². The van der Waals surface area contributed by atoms with E-state index in [0.29, 0.717) is 62.8 Å². The van der Waals surface area contributed by atoms with E-state index in [4.69, 9.17) is 21.0 Å². The van der Waals surface area contributed by atoms with Crippen molar-refractivity contribution in [2.24, 2.45) is 0 Å². The maximum Gasteiger partial charge on any atom is 0.262 e. The zero-order chi connectivity index (χ0) is 24.2.